The van der Waals surface area contributed by atoms with E-state index in [2.05, 4.69) is 29.1 Å². The summed E-state index contributed by atoms with van der Waals surface area (Å²) in [5, 5.41) is 3.16. The third-order valence-corrected chi connectivity index (χ3v) is 3.90. The van der Waals surface area contributed by atoms with Gasteiger partial charge in [-0.05, 0) is 13.3 Å². The summed E-state index contributed by atoms with van der Waals surface area (Å²) >= 11 is 0. The Labute approximate surface area is 130 Å². The van der Waals surface area contributed by atoms with Gasteiger partial charge in [-0.2, -0.15) is 0 Å². The molecule has 1 unspecified atom stereocenters. The standard InChI is InChI=1S/C15H23N5O2/c1-4-11(2)18-15-16-9-13(10-17-15)14(22)20-7-5-19(6-8-20)12(3)21/h9-11H,4-8H2,1-3H3,(H,16,17,18). The summed E-state index contributed by atoms with van der Waals surface area (Å²) in [6, 6.07) is 0.293. The molecule has 120 valence electrons. The number of nitrogens with one attached hydrogen (secondary N) is 1. The normalized spacial score (nSPS) is 16.3. The Morgan fingerprint density at radius 2 is 1.73 bits per heavy atom. The van der Waals surface area contributed by atoms with Crippen LogP contribution in [0.15, 0.2) is 12.4 Å². The van der Waals surface area contributed by atoms with Gasteiger partial charge < -0.3 is 15.1 Å². The third kappa shape index (κ3) is 3.93. The van der Waals surface area contributed by atoms with Gasteiger partial charge in [-0.1, -0.05) is 6.92 Å². The zero-order valence-electron chi connectivity index (χ0n) is 13.4. The molecular weight excluding hydrogens is 282 g/mol. The number of aromatic nitrogens is 2. The van der Waals surface area contributed by atoms with E-state index in [9.17, 15) is 9.59 Å². The summed E-state index contributed by atoms with van der Waals surface area (Å²) in [7, 11) is 0. The molecule has 1 fully saturated rings. The summed E-state index contributed by atoms with van der Waals surface area (Å²) in [5.41, 5.74) is 0.478. The van der Waals surface area contributed by atoms with Crippen LogP contribution in [-0.2, 0) is 4.79 Å². The van der Waals surface area contributed by atoms with Crippen molar-refractivity contribution in [2.24, 2.45) is 0 Å². The number of anilines is 1. The number of carbonyl (C=O) groups is 2. The van der Waals surface area contributed by atoms with E-state index in [1.54, 1.807) is 29.1 Å². The maximum absolute atomic E-state index is 12.4. The van der Waals surface area contributed by atoms with Gasteiger partial charge in [0, 0.05) is 51.5 Å². The summed E-state index contributed by atoms with van der Waals surface area (Å²) in [5.74, 6) is 0.501. The molecule has 22 heavy (non-hydrogen) atoms. The SMILES string of the molecule is CCC(C)Nc1ncc(C(=O)N2CCN(C(C)=O)CC2)cn1. The number of hydrogen-bond acceptors (Lipinski definition) is 5. The topological polar surface area (TPSA) is 78.4 Å². The summed E-state index contributed by atoms with van der Waals surface area (Å²) in [4.78, 5) is 35.5. The maximum atomic E-state index is 12.4. The lowest BCUT2D eigenvalue weighted by Crippen LogP contribution is -2.50. The van der Waals surface area contributed by atoms with Crippen LogP contribution in [0.2, 0.25) is 0 Å². The van der Waals surface area contributed by atoms with Gasteiger partial charge in [0.15, 0.2) is 0 Å². The number of nitrogens with zero attached hydrogens (tertiary/aromatic N) is 4. The van der Waals surface area contributed by atoms with E-state index in [1.165, 1.54) is 0 Å². The van der Waals surface area contributed by atoms with Crippen molar-refractivity contribution < 1.29 is 9.59 Å². The van der Waals surface area contributed by atoms with E-state index in [0.29, 0.717) is 43.7 Å². The number of carbonyl (C=O) groups excluding carboxylic acids is 2. The lowest BCUT2D eigenvalue weighted by atomic mass is 10.2. The van der Waals surface area contributed by atoms with Gasteiger partial charge in [-0.15, -0.1) is 0 Å². The van der Waals surface area contributed by atoms with Gasteiger partial charge in [0.1, 0.15) is 0 Å². The Bertz CT molecular complexity index is 523. The van der Waals surface area contributed by atoms with E-state index in [-0.39, 0.29) is 11.8 Å². The van der Waals surface area contributed by atoms with Gasteiger partial charge in [-0.3, -0.25) is 9.59 Å². The molecule has 1 aliphatic rings. The first-order valence-electron chi connectivity index (χ1n) is 7.64. The van der Waals surface area contributed by atoms with Gasteiger partial charge in [0.25, 0.3) is 5.91 Å². The molecule has 1 aliphatic heterocycles. The molecule has 0 radical (unpaired) electrons. The molecule has 2 rings (SSSR count). The second-order valence-corrected chi connectivity index (χ2v) is 5.55. The quantitative estimate of drug-likeness (QED) is 0.897. The Kier molecular flexibility index (Phi) is 5.30. The average Bonchev–Trinajstić information content (AvgIpc) is 2.55. The van der Waals surface area contributed by atoms with Gasteiger partial charge >= 0.3 is 0 Å². The van der Waals surface area contributed by atoms with Crippen LogP contribution in [0.3, 0.4) is 0 Å². The predicted molar refractivity (Wildman–Crippen MR) is 83.6 cm³/mol. The minimum Gasteiger partial charge on any atom is -0.352 e. The van der Waals surface area contributed by atoms with Crippen molar-refractivity contribution in [2.75, 3.05) is 31.5 Å². The minimum absolute atomic E-state index is 0.0518. The van der Waals surface area contributed by atoms with E-state index in [4.69, 9.17) is 0 Å². The number of rotatable bonds is 4. The molecule has 1 aromatic rings. The molecule has 1 atom stereocenters. The maximum Gasteiger partial charge on any atom is 0.257 e. The molecule has 0 spiro atoms. The molecule has 7 nitrogen and oxygen atoms in total. The molecule has 0 bridgehead atoms. The van der Waals surface area contributed by atoms with Gasteiger partial charge in [0.05, 0.1) is 5.56 Å². The van der Waals surface area contributed by atoms with Crippen molar-refractivity contribution in [3.63, 3.8) is 0 Å². The fraction of sp³-hybridized carbons (Fsp3) is 0.600. The first kappa shape index (κ1) is 16.2. The van der Waals surface area contributed by atoms with Crippen LogP contribution in [0.25, 0.3) is 0 Å². The van der Waals surface area contributed by atoms with Crippen molar-refractivity contribution in [1.29, 1.82) is 0 Å². The smallest absolute Gasteiger partial charge is 0.257 e. The van der Waals surface area contributed by atoms with Crippen molar-refractivity contribution >= 4 is 17.8 Å². The summed E-state index contributed by atoms with van der Waals surface area (Å²) in [6.07, 6.45) is 4.08. The largest absolute Gasteiger partial charge is 0.352 e. The lowest BCUT2D eigenvalue weighted by Gasteiger charge is -2.34. The Hall–Kier alpha value is -2.18. The van der Waals surface area contributed by atoms with Gasteiger partial charge in [-0.25, -0.2) is 9.97 Å². The summed E-state index contributed by atoms with van der Waals surface area (Å²) < 4.78 is 0. The summed E-state index contributed by atoms with van der Waals surface area (Å²) in [6.45, 7) is 7.93. The third-order valence-electron chi connectivity index (χ3n) is 3.90. The van der Waals surface area contributed by atoms with E-state index in [0.717, 1.165) is 6.42 Å². The molecule has 1 aromatic heterocycles. The number of piperazine rings is 1. The van der Waals surface area contributed by atoms with Crippen molar-refractivity contribution in [3.05, 3.63) is 18.0 Å². The molecular formula is C15H23N5O2. The highest BCUT2D eigenvalue weighted by Gasteiger charge is 2.23. The number of amides is 2. The Morgan fingerprint density at radius 1 is 1.18 bits per heavy atom. The second-order valence-electron chi connectivity index (χ2n) is 5.55. The highest BCUT2D eigenvalue weighted by molar-refractivity contribution is 5.93. The molecule has 2 amide bonds. The molecule has 0 aliphatic carbocycles. The lowest BCUT2D eigenvalue weighted by molar-refractivity contribution is -0.130. The molecule has 1 N–H and O–H groups in total. The molecule has 1 saturated heterocycles. The second kappa shape index (κ2) is 7.20. The monoisotopic (exact) mass is 305 g/mol. The Balaban J connectivity index is 1.94. The first-order chi connectivity index (χ1) is 10.5. The highest BCUT2D eigenvalue weighted by Crippen LogP contribution is 2.09. The van der Waals surface area contributed by atoms with Crippen LogP contribution in [0.5, 0.6) is 0 Å². The molecule has 0 aromatic carbocycles. The van der Waals surface area contributed by atoms with Crippen LogP contribution in [-0.4, -0.2) is 63.8 Å². The van der Waals surface area contributed by atoms with Crippen LogP contribution in [0.4, 0.5) is 5.95 Å². The minimum atomic E-state index is -0.0849. The fourth-order valence-electron chi connectivity index (χ4n) is 2.24. The van der Waals surface area contributed by atoms with Crippen molar-refractivity contribution in [3.8, 4) is 0 Å². The average molecular weight is 305 g/mol. The molecule has 2 heterocycles. The zero-order valence-corrected chi connectivity index (χ0v) is 13.4. The fourth-order valence-corrected chi connectivity index (χ4v) is 2.24. The van der Waals surface area contributed by atoms with Crippen LogP contribution in [0, 0.1) is 0 Å². The number of hydrogen-bond donors (Lipinski definition) is 1. The van der Waals surface area contributed by atoms with Gasteiger partial charge in [0.2, 0.25) is 11.9 Å². The predicted octanol–water partition coefficient (Wildman–Crippen LogP) is 0.991. The van der Waals surface area contributed by atoms with Crippen molar-refractivity contribution in [2.45, 2.75) is 33.2 Å². The Morgan fingerprint density at radius 3 is 2.23 bits per heavy atom. The molecule has 0 saturated carbocycles. The first-order valence-corrected chi connectivity index (χ1v) is 7.64. The van der Waals surface area contributed by atoms with E-state index in [1.807, 2.05) is 0 Å². The van der Waals surface area contributed by atoms with Crippen LogP contribution < -0.4 is 5.32 Å². The van der Waals surface area contributed by atoms with Crippen LogP contribution in [0.1, 0.15) is 37.6 Å². The van der Waals surface area contributed by atoms with Crippen molar-refractivity contribution in [1.82, 2.24) is 19.8 Å². The molecule has 7 heteroatoms. The van der Waals surface area contributed by atoms with E-state index < -0.39 is 0 Å². The van der Waals surface area contributed by atoms with Crippen LogP contribution >= 0.6 is 0 Å². The zero-order chi connectivity index (χ0) is 16.1. The van der Waals surface area contributed by atoms with E-state index >= 15 is 0 Å². The highest BCUT2D eigenvalue weighted by atomic mass is 16.2.